The summed E-state index contributed by atoms with van der Waals surface area (Å²) in [5.41, 5.74) is 13.3. The quantitative estimate of drug-likeness (QED) is 0.137. The fourth-order valence-corrected chi connectivity index (χ4v) is 16.8. The van der Waals surface area contributed by atoms with E-state index in [0.29, 0.717) is 136 Å². The van der Waals surface area contributed by atoms with Gasteiger partial charge in [-0.2, -0.15) is 0 Å². The number of oxazole rings is 8. The zero-order valence-corrected chi connectivity index (χ0v) is 50.6. The van der Waals surface area contributed by atoms with Gasteiger partial charge in [0, 0.05) is 47.5 Å². The molecule has 96 heavy (non-hydrogen) atoms. The topological polar surface area (TPSA) is 234 Å². The maximum atomic E-state index is 7.32. The van der Waals surface area contributed by atoms with Crippen molar-refractivity contribution in [3.8, 4) is 0 Å². The predicted molar refractivity (Wildman–Crippen MR) is 353 cm³/mol. The SMILES string of the molecule is c1cnc2c(c1)C1C(c3nc4ccccc4o3)C(c3nc4ccccc4o3)C(c3nc4ccccc4o3)C(c3nc4ccccc4o3)C1c1ncccc1C1C(c3nc4ccccc4o3)C(c3nc4ccccc4o3)C(c3nc4ccccc4o3)C(c3nc4ccccc4o3)C21. The normalized spacial score (nSPS) is 23.4. The number of benzene rings is 8. The Morgan fingerprint density at radius 2 is 0.354 bits per heavy atom. The molecule has 18 nitrogen and oxygen atoms in total. The summed E-state index contributed by atoms with van der Waals surface area (Å²) in [4.78, 5) is 55.9. The highest BCUT2D eigenvalue weighted by Crippen LogP contribution is 2.73. The van der Waals surface area contributed by atoms with Gasteiger partial charge in [-0.25, -0.2) is 39.9 Å². The van der Waals surface area contributed by atoms with Crippen molar-refractivity contribution in [2.24, 2.45) is 0 Å². The number of hydrogen-bond donors (Lipinski definition) is 0. The Balaban J connectivity index is 0.932. The molecule has 0 aliphatic heterocycles. The Morgan fingerprint density at radius 3 is 0.552 bits per heavy atom. The van der Waals surface area contributed by atoms with Crippen LogP contribution in [0.5, 0.6) is 0 Å². The van der Waals surface area contributed by atoms with E-state index in [0.717, 1.165) is 22.5 Å². The lowest BCUT2D eigenvalue weighted by Gasteiger charge is -2.53. The first-order valence-electron chi connectivity index (χ1n) is 32.3. The fourth-order valence-electron chi connectivity index (χ4n) is 16.8. The van der Waals surface area contributed by atoms with Crippen LogP contribution in [-0.2, 0) is 0 Å². The predicted octanol–water partition coefficient (Wildman–Crippen LogP) is 18.0. The monoisotopic (exact) mass is 1250 g/mol. The van der Waals surface area contributed by atoms with Crippen LogP contribution >= 0.6 is 0 Å². The number of hydrogen-bond acceptors (Lipinski definition) is 18. The first kappa shape index (κ1) is 53.3. The van der Waals surface area contributed by atoms with E-state index in [2.05, 4.69) is 12.1 Å². The second kappa shape index (κ2) is 20.7. The summed E-state index contributed by atoms with van der Waals surface area (Å²) in [5.74, 6) is -5.74. The molecule has 460 valence electrons. The first-order chi connectivity index (χ1) is 47.6. The second-order valence-corrected chi connectivity index (χ2v) is 25.4. The number of rotatable bonds is 8. The molecular formula is C78H50N10O8. The number of pyridine rings is 2. The molecular weight excluding hydrogens is 1200 g/mol. The number of nitrogens with zero attached hydrogens (tertiary/aromatic N) is 10. The lowest BCUT2D eigenvalue weighted by atomic mass is 9.48. The largest absolute Gasteiger partial charge is 0.440 e. The van der Waals surface area contributed by atoms with Crippen LogP contribution < -0.4 is 0 Å². The Morgan fingerprint density at radius 1 is 0.177 bits per heavy atom. The molecule has 12 atom stereocenters. The van der Waals surface area contributed by atoms with Crippen LogP contribution in [0.15, 0.2) is 266 Å². The molecule has 3 aliphatic carbocycles. The van der Waals surface area contributed by atoms with Gasteiger partial charge in [0.25, 0.3) is 0 Å². The van der Waals surface area contributed by atoms with Gasteiger partial charge >= 0.3 is 0 Å². The van der Waals surface area contributed by atoms with Crippen LogP contribution in [0.1, 0.15) is 141 Å². The molecule has 0 bridgehead atoms. The Labute approximate surface area is 542 Å². The minimum atomic E-state index is -0.798. The summed E-state index contributed by atoms with van der Waals surface area (Å²) in [7, 11) is 0. The third-order valence-corrected chi connectivity index (χ3v) is 20.5. The lowest BCUT2D eigenvalue weighted by Crippen LogP contribution is -2.46. The van der Waals surface area contributed by atoms with Crippen molar-refractivity contribution in [2.75, 3.05) is 0 Å². The molecule has 8 aromatic carbocycles. The zero-order valence-electron chi connectivity index (χ0n) is 50.6. The minimum Gasteiger partial charge on any atom is -0.440 e. The van der Waals surface area contributed by atoms with E-state index in [9.17, 15) is 0 Å². The van der Waals surface area contributed by atoms with E-state index < -0.39 is 71.0 Å². The van der Waals surface area contributed by atoms with Crippen LogP contribution in [-0.4, -0.2) is 49.8 Å². The number of fused-ring (bicyclic) bond motifs is 16. The summed E-state index contributed by atoms with van der Waals surface area (Å²) in [6, 6.07) is 71.2. The van der Waals surface area contributed by atoms with E-state index in [1.54, 1.807) is 0 Å². The zero-order chi connectivity index (χ0) is 62.7. The molecule has 0 radical (unpaired) electrons. The van der Waals surface area contributed by atoms with E-state index in [1.807, 2.05) is 219 Å². The van der Waals surface area contributed by atoms with Crippen LogP contribution in [0.3, 0.4) is 0 Å². The molecule has 0 amide bonds. The standard InChI is InChI=1S/C78H50N10O8/c1-9-29-49-41(21-1)81-71(89-49)61-57-39-19-17-37-79-69(39)60-58(40-20-18-38-80-70(40)59(57)63(73-83-43-23-3-11-31-51(43)91-73)67(77-87-47-27-7-15-35-55(47)95-77)65(61)75-85-45-25-5-13-33-53(45)93-75)62(72-82-42-22-2-10-30-50(42)90-72)66(76-86-46-26-6-14-34-54(46)94-76)68(78-88-48-28-8-16-36-56(48)96-78)64(60)74-84-44-24-4-12-32-52(44)92-74/h1-38,57-68H. The van der Waals surface area contributed by atoms with E-state index >= 15 is 0 Å². The average molecular weight is 1260 g/mol. The summed E-state index contributed by atoms with van der Waals surface area (Å²) < 4.78 is 58.2. The Kier molecular flexibility index (Phi) is 11.5. The van der Waals surface area contributed by atoms with Crippen molar-refractivity contribution in [2.45, 2.75) is 71.0 Å². The van der Waals surface area contributed by atoms with Crippen LogP contribution in [0.4, 0.5) is 0 Å². The van der Waals surface area contributed by atoms with E-state index in [1.165, 1.54) is 0 Å². The van der Waals surface area contributed by atoms with Gasteiger partial charge in [-0.1, -0.05) is 109 Å². The molecule has 12 unspecified atom stereocenters. The Hall–Kier alpha value is -12.2. The summed E-state index contributed by atoms with van der Waals surface area (Å²) in [5, 5.41) is 0. The van der Waals surface area contributed by atoms with Crippen LogP contribution in [0.2, 0.25) is 0 Å². The van der Waals surface area contributed by atoms with Gasteiger partial charge < -0.3 is 35.3 Å². The van der Waals surface area contributed by atoms with Crippen molar-refractivity contribution in [3.05, 3.63) is 300 Å². The highest BCUT2D eigenvalue weighted by Gasteiger charge is 2.66. The summed E-state index contributed by atoms with van der Waals surface area (Å²) in [6.07, 6.45) is 3.76. The van der Waals surface area contributed by atoms with Crippen molar-refractivity contribution in [1.82, 2.24) is 49.8 Å². The van der Waals surface area contributed by atoms with Crippen molar-refractivity contribution >= 4 is 88.8 Å². The number of aromatic nitrogens is 10. The fraction of sp³-hybridized carbons (Fsp3) is 0.154. The molecule has 21 rings (SSSR count). The smallest absolute Gasteiger partial charge is 0.200 e. The number of para-hydroxylation sites is 16. The van der Waals surface area contributed by atoms with E-state index in [4.69, 9.17) is 85.2 Å². The van der Waals surface area contributed by atoms with Crippen molar-refractivity contribution < 1.29 is 35.3 Å². The third-order valence-electron chi connectivity index (χ3n) is 20.5. The highest BCUT2D eigenvalue weighted by molar-refractivity contribution is 5.78. The Bertz CT molecular complexity index is 5070. The molecule has 3 aliphatic rings. The molecule has 0 N–H and O–H groups in total. The maximum Gasteiger partial charge on any atom is 0.200 e. The average Bonchev–Trinajstić information content (AvgIpc) is 1.12. The third kappa shape index (κ3) is 8.04. The van der Waals surface area contributed by atoms with E-state index in [-0.39, 0.29) is 0 Å². The van der Waals surface area contributed by atoms with Crippen LogP contribution in [0.25, 0.3) is 88.8 Å². The molecule has 18 aromatic rings. The molecule has 2 fully saturated rings. The second-order valence-electron chi connectivity index (χ2n) is 25.4. The molecule has 0 spiro atoms. The van der Waals surface area contributed by atoms with Crippen LogP contribution in [0, 0.1) is 0 Å². The van der Waals surface area contributed by atoms with Gasteiger partial charge in [0.15, 0.2) is 91.8 Å². The first-order valence-corrected chi connectivity index (χ1v) is 32.3. The molecule has 18 heteroatoms. The van der Waals surface area contributed by atoms with Gasteiger partial charge in [-0.05, 0) is 120 Å². The van der Waals surface area contributed by atoms with Crippen molar-refractivity contribution in [3.63, 3.8) is 0 Å². The van der Waals surface area contributed by atoms with Gasteiger partial charge in [-0.3, -0.25) is 9.97 Å². The highest BCUT2D eigenvalue weighted by atomic mass is 16.4. The lowest BCUT2D eigenvalue weighted by molar-refractivity contribution is 0.133. The minimum absolute atomic E-state index is 0.411. The molecule has 10 aromatic heterocycles. The van der Waals surface area contributed by atoms with Gasteiger partial charge in [0.2, 0.25) is 0 Å². The maximum absolute atomic E-state index is 7.32. The van der Waals surface area contributed by atoms with Crippen molar-refractivity contribution in [1.29, 1.82) is 0 Å². The van der Waals surface area contributed by atoms with Gasteiger partial charge in [0.1, 0.15) is 44.1 Å². The summed E-state index contributed by atoms with van der Waals surface area (Å²) >= 11 is 0. The van der Waals surface area contributed by atoms with Gasteiger partial charge in [0.05, 0.1) is 47.3 Å². The molecule has 2 saturated carbocycles. The van der Waals surface area contributed by atoms with Gasteiger partial charge in [-0.15, -0.1) is 0 Å². The molecule has 0 saturated heterocycles. The molecule has 10 heterocycles. The summed E-state index contributed by atoms with van der Waals surface area (Å²) in [6.45, 7) is 0.